The van der Waals surface area contributed by atoms with Gasteiger partial charge in [-0.2, -0.15) is 0 Å². The second kappa shape index (κ2) is 8.58. The Morgan fingerprint density at radius 1 is 1.31 bits per heavy atom. The lowest BCUT2D eigenvalue weighted by Crippen LogP contribution is -2.16. The summed E-state index contributed by atoms with van der Waals surface area (Å²) < 4.78 is 15.4. The van der Waals surface area contributed by atoms with Crippen LogP contribution in [0.15, 0.2) is 16.5 Å². The average Bonchev–Trinajstić information content (AvgIpc) is 2.68. The summed E-state index contributed by atoms with van der Waals surface area (Å²) in [6, 6.07) is 3.61. The molecule has 0 bridgehead atoms. The van der Waals surface area contributed by atoms with Gasteiger partial charge in [0.05, 0.1) is 19.8 Å². The molecule has 0 aromatic carbocycles. The molecular formula is C11H18ClNO3. The SMILES string of the molecule is COCCOCCCNCc1ccc(Cl)o1. The maximum absolute atomic E-state index is 5.65. The molecule has 0 radical (unpaired) electrons. The third-order valence-electron chi connectivity index (χ3n) is 2.00. The fraction of sp³-hybridized carbons (Fsp3) is 0.636. The molecule has 0 aliphatic carbocycles. The van der Waals surface area contributed by atoms with Crippen LogP contribution >= 0.6 is 11.6 Å². The molecule has 0 atom stereocenters. The van der Waals surface area contributed by atoms with E-state index in [4.69, 9.17) is 25.5 Å². The van der Waals surface area contributed by atoms with Gasteiger partial charge in [0.1, 0.15) is 5.76 Å². The molecule has 16 heavy (non-hydrogen) atoms. The first-order valence-electron chi connectivity index (χ1n) is 5.34. The summed E-state index contributed by atoms with van der Waals surface area (Å²) in [5.74, 6) is 0.852. The van der Waals surface area contributed by atoms with Crippen LogP contribution in [0.5, 0.6) is 0 Å². The zero-order valence-electron chi connectivity index (χ0n) is 9.50. The maximum atomic E-state index is 5.65. The number of nitrogens with one attached hydrogen (secondary N) is 1. The minimum atomic E-state index is 0.430. The number of methoxy groups -OCH3 is 1. The fourth-order valence-corrected chi connectivity index (χ4v) is 1.36. The summed E-state index contributed by atoms with van der Waals surface area (Å²) >= 11 is 5.65. The van der Waals surface area contributed by atoms with Gasteiger partial charge in [-0.15, -0.1) is 0 Å². The zero-order chi connectivity index (χ0) is 11.6. The third kappa shape index (κ3) is 6.12. The number of halogens is 1. The predicted octanol–water partition coefficient (Wildman–Crippen LogP) is 2.08. The Morgan fingerprint density at radius 3 is 2.88 bits per heavy atom. The van der Waals surface area contributed by atoms with E-state index < -0.39 is 0 Å². The summed E-state index contributed by atoms with van der Waals surface area (Å²) in [6.07, 6.45) is 0.970. The van der Waals surface area contributed by atoms with E-state index in [-0.39, 0.29) is 0 Å². The van der Waals surface area contributed by atoms with Crippen molar-refractivity contribution in [2.24, 2.45) is 0 Å². The second-order valence-corrected chi connectivity index (χ2v) is 3.71. The van der Waals surface area contributed by atoms with Gasteiger partial charge in [0.2, 0.25) is 0 Å². The first-order valence-corrected chi connectivity index (χ1v) is 5.72. The Bertz CT molecular complexity index is 278. The van der Waals surface area contributed by atoms with E-state index in [0.29, 0.717) is 25.0 Å². The van der Waals surface area contributed by atoms with Crippen LogP contribution in [0.4, 0.5) is 0 Å². The van der Waals surface area contributed by atoms with Crippen LogP contribution in [0.1, 0.15) is 12.2 Å². The van der Waals surface area contributed by atoms with Crippen LogP contribution in [0.25, 0.3) is 0 Å². The van der Waals surface area contributed by atoms with Gasteiger partial charge in [-0.05, 0) is 36.7 Å². The second-order valence-electron chi connectivity index (χ2n) is 3.34. The van der Waals surface area contributed by atoms with Crippen LogP contribution in [-0.2, 0) is 16.0 Å². The zero-order valence-corrected chi connectivity index (χ0v) is 10.3. The Labute approximate surface area is 101 Å². The summed E-state index contributed by atoms with van der Waals surface area (Å²) in [6.45, 7) is 3.65. The molecule has 0 fully saturated rings. The van der Waals surface area contributed by atoms with Gasteiger partial charge in [0, 0.05) is 13.7 Å². The van der Waals surface area contributed by atoms with Crippen molar-refractivity contribution in [1.29, 1.82) is 0 Å². The standard InChI is InChI=1S/C11H18ClNO3/c1-14-7-8-15-6-2-5-13-9-10-3-4-11(12)16-10/h3-4,13H,2,5-9H2,1H3. The molecule has 0 aliphatic heterocycles. The molecule has 0 amide bonds. The Kier molecular flexibility index (Phi) is 7.25. The van der Waals surface area contributed by atoms with Crippen molar-refractivity contribution in [2.75, 3.05) is 33.5 Å². The molecular weight excluding hydrogens is 230 g/mol. The molecule has 92 valence electrons. The fourth-order valence-electron chi connectivity index (χ4n) is 1.20. The average molecular weight is 248 g/mol. The van der Waals surface area contributed by atoms with Gasteiger partial charge >= 0.3 is 0 Å². The summed E-state index contributed by atoms with van der Waals surface area (Å²) in [4.78, 5) is 0. The summed E-state index contributed by atoms with van der Waals surface area (Å²) in [5.41, 5.74) is 0. The van der Waals surface area contributed by atoms with Crippen LogP contribution < -0.4 is 5.32 Å². The molecule has 0 aliphatic rings. The van der Waals surface area contributed by atoms with E-state index in [1.54, 1.807) is 13.2 Å². The molecule has 5 heteroatoms. The maximum Gasteiger partial charge on any atom is 0.193 e. The Hall–Kier alpha value is -0.550. The Balaban J connectivity index is 1.88. The van der Waals surface area contributed by atoms with Crippen LogP contribution in [0.2, 0.25) is 5.22 Å². The molecule has 1 heterocycles. The van der Waals surface area contributed by atoms with Crippen molar-refractivity contribution in [3.63, 3.8) is 0 Å². The lowest BCUT2D eigenvalue weighted by atomic mass is 10.4. The number of furan rings is 1. The number of hydrogen-bond acceptors (Lipinski definition) is 4. The van der Waals surface area contributed by atoms with Gasteiger partial charge in [0.25, 0.3) is 0 Å². The van der Waals surface area contributed by atoms with E-state index in [1.807, 2.05) is 6.07 Å². The van der Waals surface area contributed by atoms with E-state index in [1.165, 1.54) is 0 Å². The Morgan fingerprint density at radius 2 is 2.19 bits per heavy atom. The van der Waals surface area contributed by atoms with Gasteiger partial charge in [-0.3, -0.25) is 0 Å². The first kappa shape index (κ1) is 13.5. The van der Waals surface area contributed by atoms with Crippen molar-refractivity contribution >= 4 is 11.6 Å². The molecule has 0 saturated carbocycles. The smallest absolute Gasteiger partial charge is 0.193 e. The molecule has 1 aromatic heterocycles. The molecule has 1 N–H and O–H groups in total. The molecule has 1 aromatic rings. The predicted molar refractivity (Wildman–Crippen MR) is 62.7 cm³/mol. The monoisotopic (exact) mass is 247 g/mol. The normalized spacial score (nSPS) is 10.9. The van der Waals surface area contributed by atoms with Gasteiger partial charge in [-0.25, -0.2) is 0 Å². The van der Waals surface area contributed by atoms with Gasteiger partial charge in [0.15, 0.2) is 5.22 Å². The highest BCUT2D eigenvalue weighted by molar-refractivity contribution is 6.28. The molecule has 0 saturated heterocycles. The minimum Gasteiger partial charge on any atom is -0.448 e. The molecule has 4 nitrogen and oxygen atoms in total. The number of ether oxygens (including phenoxy) is 2. The molecule has 0 unspecified atom stereocenters. The van der Waals surface area contributed by atoms with Crippen molar-refractivity contribution in [3.05, 3.63) is 23.1 Å². The summed E-state index contributed by atoms with van der Waals surface area (Å²) in [7, 11) is 1.67. The van der Waals surface area contributed by atoms with Crippen molar-refractivity contribution in [3.8, 4) is 0 Å². The minimum absolute atomic E-state index is 0.430. The van der Waals surface area contributed by atoms with Crippen molar-refractivity contribution < 1.29 is 13.9 Å². The van der Waals surface area contributed by atoms with Crippen LogP contribution in [0.3, 0.4) is 0 Å². The van der Waals surface area contributed by atoms with E-state index in [2.05, 4.69) is 5.32 Å². The number of rotatable bonds is 9. The lowest BCUT2D eigenvalue weighted by Gasteiger charge is -2.04. The van der Waals surface area contributed by atoms with Gasteiger partial charge < -0.3 is 19.2 Å². The third-order valence-corrected chi connectivity index (χ3v) is 2.21. The first-order chi connectivity index (χ1) is 7.83. The van der Waals surface area contributed by atoms with E-state index in [0.717, 1.165) is 25.3 Å². The van der Waals surface area contributed by atoms with E-state index >= 15 is 0 Å². The van der Waals surface area contributed by atoms with Crippen molar-refractivity contribution in [1.82, 2.24) is 5.32 Å². The molecule has 1 rings (SSSR count). The molecule has 0 spiro atoms. The van der Waals surface area contributed by atoms with Crippen LogP contribution in [-0.4, -0.2) is 33.5 Å². The van der Waals surface area contributed by atoms with E-state index in [9.17, 15) is 0 Å². The van der Waals surface area contributed by atoms with Crippen LogP contribution in [0, 0.1) is 0 Å². The highest BCUT2D eigenvalue weighted by atomic mass is 35.5. The largest absolute Gasteiger partial charge is 0.448 e. The summed E-state index contributed by atoms with van der Waals surface area (Å²) in [5, 5.41) is 3.67. The highest BCUT2D eigenvalue weighted by Crippen LogP contribution is 2.12. The topological polar surface area (TPSA) is 43.6 Å². The van der Waals surface area contributed by atoms with Gasteiger partial charge in [-0.1, -0.05) is 0 Å². The van der Waals surface area contributed by atoms with Crippen molar-refractivity contribution in [2.45, 2.75) is 13.0 Å². The highest BCUT2D eigenvalue weighted by Gasteiger charge is 1.98. The number of hydrogen-bond donors (Lipinski definition) is 1. The lowest BCUT2D eigenvalue weighted by molar-refractivity contribution is 0.0694. The quantitative estimate of drug-likeness (QED) is 0.679.